The lowest BCUT2D eigenvalue weighted by Crippen LogP contribution is -2.51. The van der Waals surface area contributed by atoms with Gasteiger partial charge in [-0.2, -0.15) is 0 Å². The van der Waals surface area contributed by atoms with Crippen LogP contribution in [-0.4, -0.2) is 53.6 Å². The maximum absolute atomic E-state index is 12.2. The van der Waals surface area contributed by atoms with E-state index in [9.17, 15) is 9.90 Å². The second-order valence-electron chi connectivity index (χ2n) is 8.37. The monoisotopic (exact) mass is 449 g/mol. The Morgan fingerprint density at radius 2 is 2.06 bits per heavy atom. The van der Waals surface area contributed by atoms with E-state index in [1.54, 1.807) is 13.3 Å². The lowest BCUT2D eigenvalue weighted by molar-refractivity contribution is -0.0390. The van der Waals surface area contributed by atoms with Crippen molar-refractivity contribution in [3.05, 3.63) is 71.9 Å². The minimum atomic E-state index is -0.658. The van der Waals surface area contributed by atoms with Crippen molar-refractivity contribution in [3.63, 3.8) is 0 Å². The molecule has 1 amide bonds. The molecule has 1 fully saturated rings. The van der Waals surface area contributed by atoms with E-state index in [4.69, 9.17) is 9.47 Å². The van der Waals surface area contributed by atoms with Gasteiger partial charge in [0.05, 0.1) is 12.6 Å². The first kappa shape index (κ1) is 23.0. The second kappa shape index (κ2) is 11.1. The Balaban J connectivity index is 1.37. The second-order valence-corrected chi connectivity index (χ2v) is 8.37. The average Bonchev–Trinajstić information content (AvgIpc) is 2.87. The molecule has 0 bridgehead atoms. The van der Waals surface area contributed by atoms with Crippen LogP contribution in [0.3, 0.4) is 0 Å². The van der Waals surface area contributed by atoms with Gasteiger partial charge in [0.25, 0.3) is 0 Å². The number of alkyl carbamates (subject to hydrolysis) is 1. The van der Waals surface area contributed by atoms with Crippen LogP contribution in [0.2, 0.25) is 0 Å². The number of aromatic nitrogens is 1. The third kappa shape index (κ3) is 6.00. The van der Waals surface area contributed by atoms with Crippen molar-refractivity contribution in [2.75, 3.05) is 20.2 Å². The molecule has 4 rings (SSSR count). The van der Waals surface area contributed by atoms with E-state index in [2.05, 4.69) is 15.2 Å². The Morgan fingerprint density at radius 1 is 1.21 bits per heavy atom. The summed E-state index contributed by atoms with van der Waals surface area (Å²) in [4.78, 5) is 18.7. The molecule has 2 N–H and O–H groups in total. The number of amides is 1. The van der Waals surface area contributed by atoms with E-state index < -0.39 is 12.3 Å². The van der Waals surface area contributed by atoms with Gasteiger partial charge >= 0.3 is 6.09 Å². The fraction of sp³-hybridized carbons (Fsp3) is 0.385. The van der Waals surface area contributed by atoms with Crippen LogP contribution in [0, 0.1) is 0 Å². The molecule has 2 unspecified atom stereocenters. The summed E-state index contributed by atoms with van der Waals surface area (Å²) in [5, 5.41) is 15.0. The van der Waals surface area contributed by atoms with Crippen LogP contribution in [0.5, 0.6) is 5.75 Å². The van der Waals surface area contributed by atoms with E-state index in [1.165, 1.54) is 0 Å². The van der Waals surface area contributed by atoms with E-state index in [1.807, 2.05) is 54.6 Å². The van der Waals surface area contributed by atoms with Crippen LogP contribution in [0.1, 0.15) is 30.4 Å². The van der Waals surface area contributed by atoms with Crippen LogP contribution in [0.4, 0.5) is 4.79 Å². The number of benzene rings is 2. The largest absolute Gasteiger partial charge is 0.497 e. The summed E-state index contributed by atoms with van der Waals surface area (Å²) >= 11 is 0. The lowest BCUT2D eigenvalue weighted by Gasteiger charge is -2.39. The molecule has 2 aromatic carbocycles. The first-order valence-corrected chi connectivity index (χ1v) is 11.4. The summed E-state index contributed by atoms with van der Waals surface area (Å²) in [6.07, 6.45) is 4.16. The number of rotatable bonds is 8. The standard InChI is InChI=1S/C26H31N3O4/c1-32-22-10-11-24-23(16-22)20(12-13-27-24)15-25(30)29-14-6-5-9-21(29)17-28-26(31)33-18-19-7-3-2-4-8-19/h2-4,7-8,10-13,16,21,25,30H,5-6,9,14-15,17-18H2,1H3,(H,28,31). The maximum Gasteiger partial charge on any atom is 0.407 e. The predicted octanol–water partition coefficient (Wildman–Crippen LogP) is 3.89. The number of methoxy groups -OCH3 is 1. The van der Waals surface area contributed by atoms with E-state index in [0.29, 0.717) is 13.0 Å². The molecular formula is C26H31N3O4. The molecule has 1 saturated heterocycles. The number of carbonyl (C=O) groups excluding carboxylic acids is 1. The lowest BCUT2D eigenvalue weighted by atomic mass is 9.99. The van der Waals surface area contributed by atoms with Crippen LogP contribution in [0.15, 0.2) is 60.8 Å². The van der Waals surface area contributed by atoms with Gasteiger partial charge in [-0.05, 0) is 48.2 Å². The number of aliphatic hydroxyl groups excluding tert-OH is 1. The summed E-state index contributed by atoms with van der Waals surface area (Å²) in [6.45, 7) is 1.47. The summed E-state index contributed by atoms with van der Waals surface area (Å²) in [5.41, 5.74) is 2.84. The van der Waals surface area contributed by atoms with Crippen molar-refractivity contribution in [1.82, 2.24) is 15.2 Å². The van der Waals surface area contributed by atoms with Crippen LogP contribution < -0.4 is 10.1 Å². The number of nitrogens with zero attached hydrogens (tertiary/aromatic N) is 2. The number of piperidine rings is 1. The van der Waals surface area contributed by atoms with Crippen molar-refractivity contribution >= 4 is 17.0 Å². The van der Waals surface area contributed by atoms with Gasteiger partial charge in [0, 0.05) is 37.1 Å². The normalized spacial score (nSPS) is 17.5. The molecule has 7 heteroatoms. The molecule has 174 valence electrons. The third-order valence-corrected chi connectivity index (χ3v) is 6.19. The topological polar surface area (TPSA) is 83.9 Å². The molecule has 0 spiro atoms. The smallest absolute Gasteiger partial charge is 0.407 e. The molecule has 1 aliphatic heterocycles. The zero-order valence-electron chi connectivity index (χ0n) is 18.9. The van der Waals surface area contributed by atoms with Gasteiger partial charge in [0.1, 0.15) is 18.6 Å². The van der Waals surface area contributed by atoms with Gasteiger partial charge in [0.2, 0.25) is 0 Å². The molecule has 0 saturated carbocycles. The van der Waals surface area contributed by atoms with Crippen LogP contribution in [-0.2, 0) is 17.8 Å². The van der Waals surface area contributed by atoms with E-state index in [-0.39, 0.29) is 12.6 Å². The Hall–Kier alpha value is -3.16. The van der Waals surface area contributed by atoms with Gasteiger partial charge < -0.3 is 19.9 Å². The van der Waals surface area contributed by atoms with Gasteiger partial charge in [0.15, 0.2) is 0 Å². The SMILES string of the molecule is COc1ccc2nccc(CC(O)N3CCCCC3CNC(=O)OCc3ccccc3)c2c1. The Morgan fingerprint density at radius 3 is 2.88 bits per heavy atom. The van der Waals surface area contributed by atoms with E-state index in [0.717, 1.165) is 53.6 Å². The van der Waals surface area contributed by atoms with Gasteiger partial charge in [-0.15, -0.1) is 0 Å². The number of pyridine rings is 1. The summed E-state index contributed by atoms with van der Waals surface area (Å²) in [7, 11) is 1.64. The van der Waals surface area contributed by atoms with Crippen molar-refractivity contribution in [1.29, 1.82) is 0 Å². The number of fused-ring (bicyclic) bond motifs is 1. The first-order valence-electron chi connectivity index (χ1n) is 11.4. The number of hydrogen-bond acceptors (Lipinski definition) is 6. The molecule has 0 aliphatic carbocycles. The summed E-state index contributed by atoms with van der Waals surface area (Å²) in [5.74, 6) is 0.764. The molecule has 7 nitrogen and oxygen atoms in total. The number of aliphatic hydroxyl groups is 1. The predicted molar refractivity (Wildman–Crippen MR) is 127 cm³/mol. The zero-order valence-corrected chi connectivity index (χ0v) is 18.9. The maximum atomic E-state index is 12.2. The number of likely N-dealkylation sites (tertiary alicyclic amines) is 1. The number of nitrogens with one attached hydrogen (secondary N) is 1. The highest BCUT2D eigenvalue weighted by Gasteiger charge is 2.28. The highest BCUT2D eigenvalue weighted by Crippen LogP contribution is 2.26. The Bertz CT molecular complexity index is 1060. The van der Waals surface area contributed by atoms with Gasteiger partial charge in [-0.3, -0.25) is 9.88 Å². The van der Waals surface area contributed by atoms with Crippen molar-refractivity contribution < 1.29 is 19.4 Å². The number of ether oxygens (including phenoxy) is 2. The molecule has 1 aliphatic rings. The molecule has 2 atom stereocenters. The fourth-order valence-corrected chi connectivity index (χ4v) is 4.41. The number of hydrogen-bond donors (Lipinski definition) is 2. The Labute approximate surface area is 194 Å². The van der Waals surface area contributed by atoms with Gasteiger partial charge in [-0.25, -0.2) is 4.79 Å². The molecule has 33 heavy (non-hydrogen) atoms. The minimum absolute atomic E-state index is 0.0562. The van der Waals surface area contributed by atoms with E-state index >= 15 is 0 Å². The highest BCUT2D eigenvalue weighted by molar-refractivity contribution is 5.83. The van der Waals surface area contributed by atoms with Crippen LogP contribution >= 0.6 is 0 Å². The van der Waals surface area contributed by atoms with Crippen molar-refractivity contribution in [2.45, 2.75) is 44.6 Å². The first-order chi connectivity index (χ1) is 16.1. The minimum Gasteiger partial charge on any atom is -0.497 e. The molecule has 1 aromatic heterocycles. The highest BCUT2D eigenvalue weighted by atomic mass is 16.5. The molecular weight excluding hydrogens is 418 g/mol. The molecule has 0 radical (unpaired) electrons. The number of carbonyl (C=O) groups is 1. The van der Waals surface area contributed by atoms with Crippen LogP contribution in [0.25, 0.3) is 10.9 Å². The van der Waals surface area contributed by atoms with Crippen molar-refractivity contribution in [3.8, 4) is 5.75 Å². The third-order valence-electron chi connectivity index (χ3n) is 6.19. The molecule has 3 aromatic rings. The summed E-state index contributed by atoms with van der Waals surface area (Å²) in [6, 6.07) is 17.4. The Kier molecular flexibility index (Phi) is 7.75. The zero-order chi connectivity index (χ0) is 23.0. The van der Waals surface area contributed by atoms with Gasteiger partial charge in [-0.1, -0.05) is 36.8 Å². The quantitative estimate of drug-likeness (QED) is 0.543. The molecule has 2 heterocycles. The summed E-state index contributed by atoms with van der Waals surface area (Å²) < 4.78 is 10.7. The fourth-order valence-electron chi connectivity index (χ4n) is 4.41. The average molecular weight is 450 g/mol. The van der Waals surface area contributed by atoms with Crippen molar-refractivity contribution in [2.24, 2.45) is 0 Å².